The van der Waals surface area contributed by atoms with Gasteiger partial charge >= 0.3 is 0 Å². The van der Waals surface area contributed by atoms with Gasteiger partial charge in [-0.05, 0) is 46.7 Å². The average Bonchev–Trinajstić information content (AvgIpc) is 2.98. The van der Waals surface area contributed by atoms with Crippen LogP contribution < -0.4 is 10.1 Å². The highest BCUT2D eigenvalue weighted by molar-refractivity contribution is 7.08. The lowest BCUT2D eigenvalue weighted by atomic mass is 10.2. The number of halogens is 1. The van der Waals surface area contributed by atoms with Crippen LogP contribution in [0.1, 0.15) is 5.56 Å². The maximum atomic E-state index is 12.1. The van der Waals surface area contributed by atoms with Gasteiger partial charge in [0.25, 0.3) is 5.91 Å². The largest absolute Gasteiger partial charge is 0.495 e. The van der Waals surface area contributed by atoms with Crippen LogP contribution in [0, 0.1) is 11.3 Å². The number of rotatable bonds is 4. The molecule has 1 aromatic heterocycles. The number of nitrogens with zero attached hydrogens (tertiary/aromatic N) is 1. The number of hydrogen-bond acceptors (Lipinski definition) is 4. The highest BCUT2D eigenvalue weighted by atomic mass is 35.5. The lowest BCUT2D eigenvalue weighted by Crippen LogP contribution is -2.13. The monoisotopic (exact) mass is 318 g/mol. The van der Waals surface area contributed by atoms with Crippen LogP contribution in [-0.2, 0) is 4.79 Å². The van der Waals surface area contributed by atoms with Gasteiger partial charge in [-0.1, -0.05) is 11.6 Å². The summed E-state index contributed by atoms with van der Waals surface area (Å²) >= 11 is 7.48. The summed E-state index contributed by atoms with van der Waals surface area (Å²) in [5.74, 6) is 0.0360. The molecular formula is C15H11ClN2O2S. The molecule has 1 aromatic carbocycles. The molecule has 4 nitrogen and oxygen atoms in total. The fraction of sp³-hybridized carbons (Fsp3) is 0.0667. The highest BCUT2D eigenvalue weighted by Gasteiger charge is 2.11. The van der Waals surface area contributed by atoms with Crippen LogP contribution in [0.25, 0.3) is 6.08 Å². The molecule has 6 heteroatoms. The number of anilines is 1. The van der Waals surface area contributed by atoms with E-state index in [1.54, 1.807) is 18.2 Å². The topological polar surface area (TPSA) is 62.1 Å². The molecule has 0 fully saturated rings. The maximum absolute atomic E-state index is 12.1. The SMILES string of the molecule is COc1ccc(NC(=O)/C(C#N)=C\c2ccsc2)cc1Cl. The minimum Gasteiger partial charge on any atom is -0.495 e. The van der Waals surface area contributed by atoms with Crippen molar-refractivity contribution in [2.75, 3.05) is 12.4 Å². The molecule has 1 N–H and O–H groups in total. The van der Waals surface area contributed by atoms with Gasteiger partial charge in [0.1, 0.15) is 17.4 Å². The minimum atomic E-state index is -0.482. The molecule has 0 saturated carbocycles. The maximum Gasteiger partial charge on any atom is 0.266 e. The van der Waals surface area contributed by atoms with Crippen molar-refractivity contribution in [1.82, 2.24) is 0 Å². The molecule has 0 spiro atoms. The molecular weight excluding hydrogens is 308 g/mol. The molecule has 2 aromatic rings. The summed E-state index contributed by atoms with van der Waals surface area (Å²) in [7, 11) is 1.51. The van der Waals surface area contributed by atoms with E-state index in [9.17, 15) is 4.79 Å². The number of carbonyl (C=O) groups excluding carboxylic acids is 1. The van der Waals surface area contributed by atoms with Gasteiger partial charge in [0.15, 0.2) is 0 Å². The van der Waals surface area contributed by atoms with E-state index in [0.29, 0.717) is 16.5 Å². The zero-order chi connectivity index (χ0) is 15.2. The van der Waals surface area contributed by atoms with Crippen LogP contribution in [0.3, 0.4) is 0 Å². The highest BCUT2D eigenvalue weighted by Crippen LogP contribution is 2.27. The normalized spacial score (nSPS) is 10.8. The third-order valence-corrected chi connectivity index (χ3v) is 3.63. The summed E-state index contributed by atoms with van der Waals surface area (Å²) in [6.45, 7) is 0. The van der Waals surface area contributed by atoms with Gasteiger partial charge in [-0.25, -0.2) is 0 Å². The third kappa shape index (κ3) is 3.85. The minimum absolute atomic E-state index is 0.0281. The number of ether oxygens (including phenoxy) is 1. The number of amides is 1. The second-order valence-corrected chi connectivity index (χ2v) is 5.22. The number of methoxy groups -OCH3 is 1. The molecule has 0 radical (unpaired) electrons. The lowest BCUT2D eigenvalue weighted by molar-refractivity contribution is -0.112. The average molecular weight is 319 g/mol. The predicted molar refractivity (Wildman–Crippen MR) is 84.5 cm³/mol. The number of benzene rings is 1. The molecule has 21 heavy (non-hydrogen) atoms. The van der Waals surface area contributed by atoms with E-state index in [1.165, 1.54) is 24.5 Å². The number of thiophene rings is 1. The van der Waals surface area contributed by atoms with Gasteiger partial charge in [-0.15, -0.1) is 0 Å². The lowest BCUT2D eigenvalue weighted by Gasteiger charge is -2.07. The smallest absolute Gasteiger partial charge is 0.266 e. The van der Waals surface area contributed by atoms with Crippen LogP contribution in [-0.4, -0.2) is 13.0 Å². The van der Waals surface area contributed by atoms with Gasteiger partial charge in [0, 0.05) is 5.69 Å². The fourth-order valence-electron chi connectivity index (χ4n) is 1.61. The van der Waals surface area contributed by atoms with E-state index in [1.807, 2.05) is 22.9 Å². The Morgan fingerprint density at radius 2 is 2.29 bits per heavy atom. The van der Waals surface area contributed by atoms with E-state index < -0.39 is 5.91 Å². The molecule has 0 unspecified atom stereocenters. The second-order valence-electron chi connectivity index (χ2n) is 4.03. The Kier molecular flexibility index (Phi) is 4.99. The molecule has 0 aliphatic carbocycles. The third-order valence-electron chi connectivity index (χ3n) is 2.63. The standard InChI is InChI=1S/C15H11ClN2O2S/c1-20-14-3-2-12(7-13(14)16)18-15(19)11(8-17)6-10-4-5-21-9-10/h2-7,9H,1H3,(H,18,19)/b11-6-. The van der Waals surface area contributed by atoms with Crippen molar-refractivity contribution in [3.63, 3.8) is 0 Å². The quantitative estimate of drug-likeness (QED) is 0.685. The molecule has 0 aliphatic heterocycles. The Bertz CT molecular complexity index is 718. The molecule has 1 amide bonds. The number of hydrogen-bond donors (Lipinski definition) is 1. The van der Waals surface area contributed by atoms with E-state index in [4.69, 9.17) is 21.6 Å². The summed E-state index contributed by atoms with van der Waals surface area (Å²) in [4.78, 5) is 12.1. The molecule has 0 saturated heterocycles. The van der Waals surface area contributed by atoms with Crippen LogP contribution in [0.4, 0.5) is 5.69 Å². The van der Waals surface area contributed by atoms with Crippen molar-refractivity contribution in [2.45, 2.75) is 0 Å². The Balaban J connectivity index is 2.17. The van der Waals surface area contributed by atoms with Gasteiger partial charge in [0.2, 0.25) is 0 Å². The first kappa shape index (κ1) is 15.1. The van der Waals surface area contributed by atoms with Crippen molar-refractivity contribution in [2.24, 2.45) is 0 Å². The van der Waals surface area contributed by atoms with Crippen molar-refractivity contribution < 1.29 is 9.53 Å². The summed E-state index contributed by atoms with van der Waals surface area (Å²) in [6, 6.07) is 8.59. The van der Waals surface area contributed by atoms with Crippen molar-refractivity contribution in [3.05, 3.63) is 51.2 Å². The fourth-order valence-corrected chi connectivity index (χ4v) is 2.49. The number of nitriles is 1. The Morgan fingerprint density at radius 3 is 2.86 bits per heavy atom. The van der Waals surface area contributed by atoms with Crippen LogP contribution in [0.2, 0.25) is 5.02 Å². The summed E-state index contributed by atoms with van der Waals surface area (Å²) in [6.07, 6.45) is 1.54. The zero-order valence-corrected chi connectivity index (χ0v) is 12.7. The molecule has 0 bridgehead atoms. The van der Waals surface area contributed by atoms with Crippen molar-refractivity contribution >= 4 is 40.6 Å². The Morgan fingerprint density at radius 1 is 1.48 bits per heavy atom. The molecule has 106 valence electrons. The molecule has 0 aliphatic rings. The van der Waals surface area contributed by atoms with Gasteiger partial charge in [-0.3, -0.25) is 4.79 Å². The molecule has 2 rings (SSSR count). The predicted octanol–water partition coefficient (Wildman–Crippen LogP) is 3.96. The van der Waals surface area contributed by atoms with Crippen LogP contribution in [0.15, 0.2) is 40.6 Å². The second kappa shape index (κ2) is 6.93. The van der Waals surface area contributed by atoms with Gasteiger partial charge in [-0.2, -0.15) is 16.6 Å². The van der Waals surface area contributed by atoms with E-state index in [0.717, 1.165) is 5.56 Å². The van der Waals surface area contributed by atoms with Crippen LogP contribution in [0.5, 0.6) is 5.75 Å². The van der Waals surface area contributed by atoms with Crippen LogP contribution >= 0.6 is 22.9 Å². The Labute approximate surface area is 131 Å². The number of nitrogens with one attached hydrogen (secondary N) is 1. The van der Waals surface area contributed by atoms with Crippen molar-refractivity contribution in [1.29, 1.82) is 5.26 Å². The van der Waals surface area contributed by atoms with Crippen molar-refractivity contribution in [3.8, 4) is 11.8 Å². The molecule has 0 atom stereocenters. The molecule has 1 heterocycles. The summed E-state index contributed by atoms with van der Waals surface area (Å²) < 4.78 is 5.04. The van der Waals surface area contributed by atoms with E-state index >= 15 is 0 Å². The first-order valence-electron chi connectivity index (χ1n) is 5.93. The number of carbonyl (C=O) groups is 1. The Hall–Kier alpha value is -2.29. The first-order chi connectivity index (χ1) is 10.1. The summed E-state index contributed by atoms with van der Waals surface area (Å²) in [5, 5.41) is 15.8. The first-order valence-corrected chi connectivity index (χ1v) is 7.25. The van der Waals surface area contributed by atoms with E-state index in [-0.39, 0.29) is 5.57 Å². The van der Waals surface area contributed by atoms with E-state index in [2.05, 4.69) is 5.32 Å². The van der Waals surface area contributed by atoms with Gasteiger partial charge < -0.3 is 10.1 Å². The van der Waals surface area contributed by atoms with Gasteiger partial charge in [0.05, 0.1) is 12.1 Å². The zero-order valence-electron chi connectivity index (χ0n) is 11.1. The summed E-state index contributed by atoms with van der Waals surface area (Å²) in [5.41, 5.74) is 1.34.